The van der Waals surface area contributed by atoms with Crippen LogP contribution in [0.5, 0.6) is 0 Å². The van der Waals surface area contributed by atoms with Crippen molar-refractivity contribution in [2.24, 2.45) is 0 Å². The number of rotatable bonds is 6. The Balaban J connectivity index is 0.000000134. The first-order chi connectivity index (χ1) is 54.8. The highest BCUT2D eigenvalue weighted by molar-refractivity contribution is 6.27. The summed E-state index contributed by atoms with van der Waals surface area (Å²) in [5, 5.41) is 14.4. The van der Waals surface area contributed by atoms with Gasteiger partial charge in [0.1, 0.15) is 0 Å². The lowest BCUT2D eigenvalue weighted by atomic mass is 9.76. The molecule has 522 valence electrons. The van der Waals surface area contributed by atoms with Crippen molar-refractivity contribution in [3.63, 3.8) is 0 Å². The van der Waals surface area contributed by atoms with Gasteiger partial charge in [-0.05, 0) is 223 Å². The highest BCUT2D eigenvalue weighted by Crippen LogP contribution is 2.58. The Kier molecular flexibility index (Phi) is 13.7. The fraction of sp³-hybridized carbons (Fsp3) is 0.0686. The summed E-state index contributed by atoms with van der Waals surface area (Å²) in [5.74, 6) is 1.34. The summed E-state index contributed by atoms with van der Waals surface area (Å²) in [6.07, 6.45) is 10.7. The van der Waals surface area contributed by atoms with Crippen molar-refractivity contribution >= 4 is 109 Å². The van der Waals surface area contributed by atoms with Gasteiger partial charge in [-0.1, -0.05) is 208 Å². The largest absolute Gasteiger partial charge is 0.309 e. The van der Waals surface area contributed by atoms with Crippen LogP contribution in [0, 0.1) is 0 Å². The van der Waals surface area contributed by atoms with Gasteiger partial charge < -0.3 is 18.3 Å². The Morgan fingerprint density at radius 1 is 0.297 bits per heavy atom. The third-order valence-corrected chi connectivity index (χ3v) is 24.4. The van der Waals surface area contributed by atoms with E-state index in [9.17, 15) is 4.79 Å². The lowest BCUT2D eigenvalue weighted by molar-refractivity contribution is 0.663. The number of benzene rings is 15. The average Bonchev–Trinajstić information content (AvgIpc) is 1.52. The number of para-hydroxylation sites is 6. The minimum atomic E-state index is -0.236. The van der Waals surface area contributed by atoms with Crippen molar-refractivity contribution in [1.29, 1.82) is 0 Å². The van der Waals surface area contributed by atoms with Gasteiger partial charge in [0, 0.05) is 107 Å². The molecular formula is C102H68N8O. The molecule has 0 radical (unpaired) electrons. The summed E-state index contributed by atoms with van der Waals surface area (Å²) in [6.45, 7) is 4.82. The fourth-order valence-corrected chi connectivity index (χ4v) is 19.7. The lowest BCUT2D eigenvalue weighted by Gasteiger charge is -2.28. The molecule has 111 heavy (non-hydrogen) atoms. The minimum Gasteiger partial charge on any atom is -0.309 e. The van der Waals surface area contributed by atoms with E-state index < -0.39 is 0 Å². The lowest BCUT2D eigenvalue weighted by Crippen LogP contribution is -2.18. The Morgan fingerprint density at radius 3 is 1.10 bits per heavy atom. The number of hydrogen-bond donors (Lipinski definition) is 0. The van der Waals surface area contributed by atoms with E-state index in [2.05, 4.69) is 295 Å². The van der Waals surface area contributed by atoms with Crippen LogP contribution in [0.2, 0.25) is 0 Å². The Morgan fingerprint density at radius 2 is 0.640 bits per heavy atom. The molecule has 0 spiro atoms. The first-order valence-corrected chi connectivity index (χ1v) is 38.4. The molecule has 15 aromatic carbocycles. The normalized spacial score (nSPS) is 13.3. The van der Waals surface area contributed by atoms with Crippen LogP contribution in [-0.2, 0) is 31.1 Å². The summed E-state index contributed by atoms with van der Waals surface area (Å²) >= 11 is 0. The molecule has 0 amide bonds. The van der Waals surface area contributed by atoms with Gasteiger partial charge in [0.15, 0.2) is 17.1 Å². The molecule has 0 aliphatic heterocycles. The fourth-order valence-electron chi connectivity index (χ4n) is 19.7. The second-order valence-electron chi connectivity index (χ2n) is 30.7. The van der Waals surface area contributed by atoms with Crippen molar-refractivity contribution < 1.29 is 0 Å². The third kappa shape index (κ3) is 9.39. The summed E-state index contributed by atoms with van der Waals surface area (Å²) in [4.78, 5) is 32.4. The highest BCUT2D eigenvalue weighted by atomic mass is 16.1. The summed E-state index contributed by atoms with van der Waals surface area (Å²) in [5.41, 5.74) is 32.0. The molecule has 6 aromatic heterocycles. The van der Waals surface area contributed by atoms with Crippen LogP contribution in [0.1, 0.15) is 69.5 Å². The maximum atomic E-state index is 13.6. The van der Waals surface area contributed by atoms with Gasteiger partial charge in [-0.3, -0.25) is 4.79 Å². The molecular weight excluding hydrogens is 1350 g/mol. The van der Waals surface area contributed by atoms with Crippen molar-refractivity contribution in [1.82, 2.24) is 38.2 Å². The molecule has 0 unspecified atom stereocenters. The van der Waals surface area contributed by atoms with E-state index in [0.29, 0.717) is 22.4 Å². The summed E-state index contributed by atoms with van der Waals surface area (Å²) < 4.78 is 9.75. The zero-order chi connectivity index (χ0) is 73.3. The molecule has 0 N–H and O–H groups in total. The maximum absolute atomic E-state index is 13.6. The average molecular weight is 1420 g/mol. The molecule has 9 heteroatoms. The van der Waals surface area contributed by atoms with Gasteiger partial charge >= 0.3 is 0 Å². The van der Waals surface area contributed by atoms with Crippen molar-refractivity contribution in [3.8, 4) is 56.7 Å². The number of aromatic nitrogens is 8. The molecule has 0 saturated heterocycles. The van der Waals surface area contributed by atoms with E-state index in [1.54, 1.807) is 24.8 Å². The van der Waals surface area contributed by atoms with E-state index in [0.717, 1.165) is 70.6 Å². The van der Waals surface area contributed by atoms with Crippen LogP contribution < -0.4 is 5.43 Å². The molecule has 21 aromatic rings. The summed E-state index contributed by atoms with van der Waals surface area (Å²) in [7, 11) is 0. The molecule has 0 atom stereocenters. The highest BCUT2D eigenvalue weighted by Gasteiger charge is 2.43. The van der Waals surface area contributed by atoms with Crippen molar-refractivity contribution in [2.45, 2.75) is 44.9 Å². The molecule has 0 fully saturated rings. The quantitative estimate of drug-likeness (QED) is 0.155. The second kappa shape index (κ2) is 24.2. The number of hydrogen-bond acceptors (Lipinski definition) is 5. The van der Waals surface area contributed by atoms with E-state index in [-0.39, 0.29) is 10.8 Å². The van der Waals surface area contributed by atoms with E-state index >= 15 is 0 Å². The first-order valence-electron chi connectivity index (χ1n) is 38.4. The smallest absolute Gasteiger partial charge is 0.197 e. The van der Waals surface area contributed by atoms with Gasteiger partial charge in [-0.15, -0.1) is 0 Å². The molecule has 0 saturated carbocycles. The number of nitrogens with zero attached hydrogens (tertiary/aromatic N) is 8. The van der Waals surface area contributed by atoms with E-state index in [1.165, 1.54) is 154 Å². The van der Waals surface area contributed by atoms with Crippen molar-refractivity contribution in [3.05, 3.63) is 394 Å². The van der Waals surface area contributed by atoms with Crippen LogP contribution in [0.4, 0.5) is 0 Å². The predicted octanol–water partition coefficient (Wildman–Crippen LogP) is 23.6. The standard InChI is InChI=1S/C55H35N3O.C47H33N5/c59-55-43-20-8-12-24-49(43)56(50-25-13-9-21-44(50)55)39-26-28-40(29-27-39)58-48-23-11-7-19-42(48)52-46-33-37-31-35-15-5-4-14-34(35)30-36(37)32-45(46)51-41-18-6-10-22-47(41)57(53(51)54(52)58)38-16-2-1-3-17-38;1-47(2)39-15-7-5-13-35(39)41-37-26-30-21-28-11-3-4-12-29(28)22-31(30)27-38(37)42-36-14-6-8-16-40(36)52(44(42)43(41)47)34-24-32(45-48-17-9-18-49-45)23-33(25-34)46-50-19-10-20-51-46/h1-31H,32-33H2;3-25H,26-27H2,1-2H3. The van der Waals surface area contributed by atoms with Crippen LogP contribution >= 0.6 is 0 Å². The zero-order valence-electron chi connectivity index (χ0n) is 61.0. The molecule has 3 aliphatic carbocycles. The molecule has 24 rings (SSSR count). The van der Waals surface area contributed by atoms with E-state index in [4.69, 9.17) is 0 Å². The molecule has 6 heterocycles. The van der Waals surface area contributed by atoms with E-state index in [1.807, 2.05) is 60.7 Å². The van der Waals surface area contributed by atoms with Gasteiger partial charge in [0.25, 0.3) is 0 Å². The molecule has 0 bridgehead atoms. The predicted molar refractivity (Wildman–Crippen MR) is 455 cm³/mol. The number of fused-ring (bicyclic) bond motifs is 26. The SMILES string of the molecule is CC1(C)c2ccccc2-c2c3c(c4c5ccccc5n(-c5cc(-c6ncccn6)cc(-c6ncccn6)c5)c4c21)Cc1cc2ccccc2cc1C3.O=c1c2ccccc2n(-c2ccc(-n3c4ccccc4c4c5c(c6c7ccccc7n(-c7ccccc7)c6c43)Cc3cc4ccccc4cc3C5)cc2)c2ccccc12. The second-order valence-corrected chi connectivity index (χ2v) is 30.7. The maximum Gasteiger partial charge on any atom is 0.197 e. The van der Waals surface area contributed by atoms with Crippen LogP contribution in [0.3, 0.4) is 0 Å². The first kappa shape index (κ1) is 63.0. The third-order valence-electron chi connectivity index (χ3n) is 24.4. The topological polar surface area (TPSA) is 88.4 Å². The Bertz CT molecular complexity index is 7500. The zero-order valence-corrected chi connectivity index (χ0v) is 61.0. The van der Waals surface area contributed by atoms with Crippen LogP contribution in [0.15, 0.2) is 333 Å². The van der Waals surface area contributed by atoms with Gasteiger partial charge in [-0.25, -0.2) is 19.9 Å². The Hall–Kier alpha value is -14.2. The summed E-state index contributed by atoms with van der Waals surface area (Å²) in [6, 6.07) is 109. The molecule has 3 aliphatic rings. The van der Waals surface area contributed by atoms with Crippen LogP contribution in [-0.4, -0.2) is 38.2 Å². The monoisotopic (exact) mass is 1420 g/mol. The molecule has 9 nitrogen and oxygen atoms in total. The van der Waals surface area contributed by atoms with Gasteiger partial charge in [-0.2, -0.15) is 0 Å². The number of pyridine rings is 1. The van der Waals surface area contributed by atoms with Gasteiger partial charge in [0.05, 0.1) is 44.1 Å². The van der Waals surface area contributed by atoms with Gasteiger partial charge in [0.2, 0.25) is 0 Å². The minimum absolute atomic E-state index is 0.0614. The van der Waals surface area contributed by atoms with Crippen molar-refractivity contribution in [2.75, 3.05) is 0 Å². The van der Waals surface area contributed by atoms with Crippen LogP contribution in [0.25, 0.3) is 165 Å². The Labute approximate surface area is 638 Å².